The molecule has 5 heteroatoms. The maximum atomic E-state index is 11.7. The fraction of sp³-hybridized carbons (Fsp3) is 0.500. The summed E-state index contributed by atoms with van der Waals surface area (Å²) in [6.45, 7) is 3.09. The number of likely N-dealkylation sites (N-methyl/N-ethyl adjacent to an activating group) is 1. The summed E-state index contributed by atoms with van der Waals surface area (Å²) < 4.78 is 5.59. The summed E-state index contributed by atoms with van der Waals surface area (Å²) in [4.78, 5) is 13.8. The van der Waals surface area contributed by atoms with Crippen molar-refractivity contribution < 1.29 is 9.53 Å². The Balaban J connectivity index is 1.78. The Labute approximate surface area is 113 Å². The quantitative estimate of drug-likeness (QED) is 0.796. The highest BCUT2D eigenvalue weighted by Gasteiger charge is 2.24. The highest BCUT2D eigenvalue weighted by atomic mass is 16.5. The Kier molecular flexibility index (Phi) is 4.76. The minimum absolute atomic E-state index is 0.0834. The summed E-state index contributed by atoms with van der Waals surface area (Å²) in [7, 11) is 4.02. The Bertz CT molecular complexity index is 413. The monoisotopic (exact) mass is 263 g/mol. The molecule has 0 saturated carbocycles. The molecule has 0 bridgehead atoms. The van der Waals surface area contributed by atoms with Gasteiger partial charge in [0.1, 0.15) is 12.4 Å². The third-order valence-electron chi connectivity index (χ3n) is 3.08. The van der Waals surface area contributed by atoms with Gasteiger partial charge < -0.3 is 20.3 Å². The SMILES string of the molecule is CN(C)CCOc1ccc(NC(=O)C2CNC2)cc1. The molecule has 0 aromatic heterocycles. The van der Waals surface area contributed by atoms with Gasteiger partial charge in [0.25, 0.3) is 0 Å². The van der Waals surface area contributed by atoms with E-state index in [4.69, 9.17) is 4.74 Å². The summed E-state index contributed by atoms with van der Waals surface area (Å²) in [5.41, 5.74) is 0.817. The van der Waals surface area contributed by atoms with Crippen LogP contribution < -0.4 is 15.4 Å². The van der Waals surface area contributed by atoms with E-state index in [0.29, 0.717) is 6.61 Å². The average molecular weight is 263 g/mol. The molecule has 1 heterocycles. The van der Waals surface area contributed by atoms with Gasteiger partial charge >= 0.3 is 0 Å². The lowest BCUT2D eigenvalue weighted by molar-refractivity contribution is -0.121. The molecule has 1 aliphatic rings. The first-order valence-corrected chi connectivity index (χ1v) is 6.54. The first kappa shape index (κ1) is 13.8. The molecule has 0 spiro atoms. The fourth-order valence-corrected chi connectivity index (χ4v) is 1.70. The first-order chi connectivity index (χ1) is 9.15. The van der Waals surface area contributed by atoms with E-state index in [9.17, 15) is 4.79 Å². The van der Waals surface area contributed by atoms with E-state index in [2.05, 4.69) is 15.5 Å². The zero-order chi connectivity index (χ0) is 13.7. The molecule has 2 N–H and O–H groups in total. The van der Waals surface area contributed by atoms with E-state index in [0.717, 1.165) is 31.1 Å². The van der Waals surface area contributed by atoms with Crippen molar-refractivity contribution in [1.82, 2.24) is 10.2 Å². The van der Waals surface area contributed by atoms with Crippen LogP contribution in [0.4, 0.5) is 5.69 Å². The molecule has 1 aliphatic heterocycles. The molecule has 1 aromatic rings. The molecule has 1 aromatic carbocycles. The van der Waals surface area contributed by atoms with Crippen LogP contribution in [0.3, 0.4) is 0 Å². The van der Waals surface area contributed by atoms with Crippen molar-refractivity contribution in [2.75, 3.05) is 45.7 Å². The first-order valence-electron chi connectivity index (χ1n) is 6.54. The second-order valence-electron chi connectivity index (χ2n) is 5.02. The van der Waals surface area contributed by atoms with Crippen molar-refractivity contribution in [1.29, 1.82) is 0 Å². The van der Waals surface area contributed by atoms with Crippen LogP contribution in [-0.2, 0) is 4.79 Å². The molecular formula is C14H21N3O2. The molecule has 1 amide bonds. The summed E-state index contributed by atoms with van der Waals surface area (Å²) in [5.74, 6) is 1.02. The van der Waals surface area contributed by atoms with Crippen molar-refractivity contribution in [3.63, 3.8) is 0 Å². The van der Waals surface area contributed by atoms with Gasteiger partial charge in [-0.3, -0.25) is 4.79 Å². The number of hydrogen-bond donors (Lipinski definition) is 2. The number of carbonyl (C=O) groups excluding carboxylic acids is 1. The van der Waals surface area contributed by atoms with Gasteiger partial charge in [-0.25, -0.2) is 0 Å². The van der Waals surface area contributed by atoms with Crippen molar-refractivity contribution in [2.45, 2.75) is 0 Å². The molecule has 0 radical (unpaired) electrons. The predicted molar refractivity (Wildman–Crippen MR) is 75.5 cm³/mol. The summed E-state index contributed by atoms with van der Waals surface area (Å²) >= 11 is 0. The number of carbonyl (C=O) groups is 1. The summed E-state index contributed by atoms with van der Waals surface area (Å²) in [5, 5.41) is 5.99. The topological polar surface area (TPSA) is 53.6 Å². The summed E-state index contributed by atoms with van der Waals surface area (Å²) in [6, 6.07) is 7.50. The van der Waals surface area contributed by atoms with Gasteiger partial charge in [-0.1, -0.05) is 0 Å². The van der Waals surface area contributed by atoms with Gasteiger partial charge in [-0.2, -0.15) is 0 Å². The van der Waals surface area contributed by atoms with E-state index < -0.39 is 0 Å². The molecule has 1 saturated heterocycles. The van der Waals surface area contributed by atoms with Crippen molar-refractivity contribution in [3.8, 4) is 5.75 Å². The average Bonchev–Trinajstić information content (AvgIpc) is 2.28. The van der Waals surface area contributed by atoms with Gasteiger partial charge in [0.15, 0.2) is 0 Å². The normalized spacial score (nSPS) is 15.1. The second-order valence-corrected chi connectivity index (χ2v) is 5.02. The zero-order valence-corrected chi connectivity index (χ0v) is 11.5. The van der Waals surface area contributed by atoms with Crippen LogP contribution in [0, 0.1) is 5.92 Å². The van der Waals surface area contributed by atoms with Gasteiger partial charge in [0.05, 0.1) is 5.92 Å². The Morgan fingerprint density at radius 3 is 2.58 bits per heavy atom. The van der Waals surface area contributed by atoms with Crippen molar-refractivity contribution in [3.05, 3.63) is 24.3 Å². The van der Waals surface area contributed by atoms with E-state index in [1.165, 1.54) is 0 Å². The molecular weight excluding hydrogens is 242 g/mol. The molecule has 19 heavy (non-hydrogen) atoms. The minimum atomic E-state index is 0.0834. The predicted octanol–water partition coefficient (Wildman–Crippen LogP) is 0.785. The molecule has 2 rings (SSSR count). The fourth-order valence-electron chi connectivity index (χ4n) is 1.70. The molecule has 1 fully saturated rings. The standard InChI is InChI=1S/C14H21N3O2/c1-17(2)7-8-19-13-5-3-12(4-6-13)16-14(18)11-9-15-10-11/h3-6,11,15H,7-10H2,1-2H3,(H,16,18). The molecule has 0 unspecified atom stereocenters. The third kappa shape index (κ3) is 4.22. The second kappa shape index (κ2) is 6.54. The maximum absolute atomic E-state index is 11.7. The number of rotatable bonds is 6. The van der Waals surface area contributed by atoms with Crippen LogP contribution in [0.25, 0.3) is 0 Å². The number of ether oxygens (including phenoxy) is 1. The zero-order valence-electron chi connectivity index (χ0n) is 11.5. The van der Waals surface area contributed by atoms with E-state index in [1.807, 2.05) is 38.4 Å². The van der Waals surface area contributed by atoms with Crippen molar-refractivity contribution in [2.24, 2.45) is 5.92 Å². The van der Waals surface area contributed by atoms with Crippen LogP contribution in [0.2, 0.25) is 0 Å². The Hall–Kier alpha value is -1.59. The van der Waals surface area contributed by atoms with Gasteiger partial charge in [0, 0.05) is 25.3 Å². The molecule has 0 aliphatic carbocycles. The molecule has 0 atom stereocenters. The lowest BCUT2D eigenvalue weighted by Crippen LogP contribution is -2.48. The highest BCUT2D eigenvalue weighted by Crippen LogP contribution is 2.17. The van der Waals surface area contributed by atoms with E-state index in [-0.39, 0.29) is 11.8 Å². The third-order valence-corrected chi connectivity index (χ3v) is 3.08. The Morgan fingerprint density at radius 1 is 1.37 bits per heavy atom. The molecule has 104 valence electrons. The number of benzene rings is 1. The van der Waals surface area contributed by atoms with E-state index in [1.54, 1.807) is 0 Å². The van der Waals surface area contributed by atoms with Crippen LogP contribution in [0.5, 0.6) is 5.75 Å². The number of amides is 1. The lowest BCUT2D eigenvalue weighted by Gasteiger charge is -2.25. The largest absolute Gasteiger partial charge is 0.492 e. The summed E-state index contributed by atoms with van der Waals surface area (Å²) in [6.07, 6.45) is 0. The van der Waals surface area contributed by atoms with Gasteiger partial charge in [0.2, 0.25) is 5.91 Å². The number of nitrogens with zero attached hydrogens (tertiary/aromatic N) is 1. The van der Waals surface area contributed by atoms with Crippen molar-refractivity contribution >= 4 is 11.6 Å². The van der Waals surface area contributed by atoms with Gasteiger partial charge in [-0.05, 0) is 38.4 Å². The minimum Gasteiger partial charge on any atom is -0.492 e. The van der Waals surface area contributed by atoms with Gasteiger partial charge in [-0.15, -0.1) is 0 Å². The van der Waals surface area contributed by atoms with Crippen LogP contribution in [0.15, 0.2) is 24.3 Å². The van der Waals surface area contributed by atoms with Crippen LogP contribution >= 0.6 is 0 Å². The lowest BCUT2D eigenvalue weighted by atomic mass is 10.0. The molecule has 5 nitrogen and oxygen atoms in total. The van der Waals surface area contributed by atoms with Crippen LogP contribution in [-0.4, -0.2) is 51.1 Å². The number of anilines is 1. The van der Waals surface area contributed by atoms with Crippen LogP contribution in [0.1, 0.15) is 0 Å². The van der Waals surface area contributed by atoms with E-state index >= 15 is 0 Å². The number of nitrogens with one attached hydrogen (secondary N) is 2. The highest BCUT2D eigenvalue weighted by molar-refractivity contribution is 5.93. The Morgan fingerprint density at radius 2 is 2.05 bits per heavy atom. The number of hydrogen-bond acceptors (Lipinski definition) is 4. The maximum Gasteiger partial charge on any atom is 0.230 e. The smallest absolute Gasteiger partial charge is 0.230 e.